The van der Waals surface area contributed by atoms with Crippen molar-refractivity contribution < 1.29 is 9.13 Å². The smallest absolute Gasteiger partial charge is 0.223 e. The molecule has 0 unspecified atom stereocenters. The van der Waals surface area contributed by atoms with Crippen LogP contribution in [0.5, 0.6) is 0 Å². The quantitative estimate of drug-likeness (QED) is 0.458. The number of aromatic amines is 1. The number of hydrogen-bond acceptors (Lipinski definition) is 2. The van der Waals surface area contributed by atoms with Crippen LogP contribution in [0.4, 0.5) is 0 Å². The third-order valence-electron chi connectivity index (χ3n) is 5.52. The lowest BCUT2D eigenvalue weighted by Crippen LogP contribution is -2.31. The monoisotopic (exact) mass is 405 g/mol. The van der Waals surface area contributed by atoms with Crippen molar-refractivity contribution in [3.63, 3.8) is 0 Å². The van der Waals surface area contributed by atoms with Crippen LogP contribution in [0.25, 0.3) is 46.1 Å². The van der Waals surface area contributed by atoms with E-state index in [-0.39, 0.29) is 0 Å². The summed E-state index contributed by atoms with van der Waals surface area (Å²) in [5, 5.41) is 2.43. The predicted molar refractivity (Wildman–Crippen MR) is 124 cm³/mol. The number of H-pyrrole nitrogens is 1. The molecule has 0 aliphatic carbocycles. The van der Waals surface area contributed by atoms with Gasteiger partial charge in [-0.05, 0) is 47.5 Å². The van der Waals surface area contributed by atoms with Crippen molar-refractivity contribution in [2.24, 2.45) is 14.1 Å². The molecule has 0 saturated heterocycles. The first-order chi connectivity index (χ1) is 15.2. The Kier molecular flexibility index (Phi) is 4.84. The van der Waals surface area contributed by atoms with Crippen LogP contribution in [0.1, 0.15) is 22.5 Å². The molecule has 5 heteroatoms. The van der Waals surface area contributed by atoms with E-state index in [9.17, 15) is 0 Å². The average Bonchev–Trinajstić information content (AvgIpc) is 3.15. The molecular formula is C26H23N5+2. The van der Waals surface area contributed by atoms with E-state index in [2.05, 4.69) is 84.8 Å². The highest BCUT2D eigenvalue weighted by Crippen LogP contribution is 2.28. The van der Waals surface area contributed by atoms with Crippen molar-refractivity contribution in [1.29, 1.82) is 0 Å². The highest BCUT2D eigenvalue weighted by Gasteiger charge is 2.07. The molecule has 0 spiro atoms. The summed E-state index contributed by atoms with van der Waals surface area (Å²) in [6.07, 6.45) is 19.6. The lowest BCUT2D eigenvalue weighted by molar-refractivity contribution is -0.673. The maximum atomic E-state index is 4.21. The van der Waals surface area contributed by atoms with Crippen molar-refractivity contribution in [3.05, 3.63) is 96.1 Å². The SMILES string of the molecule is C[n+]1ccncc1/C=C/c1ccc2[nH]c3ccc(/C=C/c4cncc[n+]4C)cc3c2c1. The van der Waals surface area contributed by atoms with Crippen LogP contribution in [0.15, 0.2) is 73.6 Å². The summed E-state index contributed by atoms with van der Waals surface area (Å²) in [7, 11) is 4.04. The summed E-state index contributed by atoms with van der Waals surface area (Å²) in [4.78, 5) is 11.9. The molecule has 1 N–H and O–H groups in total. The van der Waals surface area contributed by atoms with E-state index in [4.69, 9.17) is 0 Å². The fourth-order valence-electron chi connectivity index (χ4n) is 3.69. The van der Waals surface area contributed by atoms with Gasteiger partial charge in [0, 0.05) is 34.0 Å². The highest BCUT2D eigenvalue weighted by molar-refractivity contribution is 6.08. The summed E-state index contributed by atoms with van der Waals surface area (Å²) in [6, 6.07) is 13.0. The van der Waals surface area contributed by atoms with Crippen molar-refractivity contribution >= 4 is 46.1 Å². The van der Waals surface area contributed by atoms with Crippen LogP contribution in [-0.2, 0) is 14.1 Å². The molecule has 0 saturated carbocycles. The maximum absolute atomic E-state index is 4.21. The molecule has 0 fully saturated rings. The van der Waals surface area contributed by atoms with Gasteiger partial charge in [-0.3, -0.25) is 9.97 Å². The Balaban J connectivity index is 1.51. The van der Waals surface area contributed by atoms with E-state index in [1.165, 1.54) is 10.8 Å². The van der Waals surface area contributed by atoms with E-state index >= 15 is 0 Å². The summed E-state index contributed by atoms with van der Waals surface area (Å²) < 4.78 is 4.10. The Labute approximate surface area is 180 Å². The van der Waals surface area contributed by atoms with Crippen molar-refractivity contribution in [2.75, 3.05) is 0 Å². The molecule has 0 radical (unpaired) electrons. The minimum absolute atomic E-state index is 1.05. The molecule has 31 heavy (non-hydrogen) atoms. The zero-order valence-electron chi connectivity index (χ0n) is 17.5. The first-order valence-electron chi connectivity index (χ1n) is 10.2. The number of rotatable bonds is 4. The molecule has 0 bridgehead atoms. The van der Waals surface area contributed by atoms with Crippen LogP contribution in [0, 0.1) is 0 Å². The Morgan fingerprint density at radius 1 is 0.677 bits per heavy atom. The van der Waals surface area contributed by atoms with Gasteiger partial charge in [-0.25, -0.2) is 0 Å². The summed E-state index contributed by atoms with van der Waals surface area (Å²) in [5.41, 5.74) is 6.69. The van der Waals surface area contributed by atoms with Gasteiger partial charge in [0.15, 0.2) is 12.4 Å². The third-order valence-corrected chi connectivity index (χ3v) is 5.52. The fraction of sp³-hybridized carbons (Fsp3) is 0.0769. The Morgan fingerprint density at radius 2 is 1.16 bits per heavy atom. The van der Waals surface area contributed by atoms with Crippen molar-refractivity contribution in [3.8, 4) is 0 Å². The van der Waals surface area contributed by atoms with Gasteiger partial charge in [0.05, 0.1) is 24.8 Å². The van der Waals surface area contributed by atoms with Crippen molar-refractivity contribution in [2.45, 2.75) is 0 Å². The van der Waals surface area contributed by atoms with E-state index in [1.807, 2.05) is 38.9 Å². The first-order valence-corrected chi connectivity index (χ1v) is 10.2. The van der Waals surface area contributed by atoms with Crippen LogP contribution in [-0.4, -0.2) is 15.0 Å². The number of aromatic nitrogens is 5. The molecule has 0 amide bonds. The number of fused-ring (bicyclic) bond motifs is 3. The van der Waals surface area contributed by atoms with Crippen LogP contribution >= 0.6 is 0 Å². The standard InChI is InChI=1S/C26H22N5/c1-30-13-11-27-17-21(30)7-3-19-5-9-25-23(15-19)24-16-20(6-10-26(24)29-25)4-8-22-18-28-12-14-31(22)2/h3-18H,1-2H3/q+1/p+1. The Hall–Kier alpha value is -4.12. The summed E-state index contributed by atoms with van der Waals surface area (Å²) in [6.45, 7) is 0. The fourth-order valence-corrected chi connectivity index (χ4v) is 3.69. The summed E-state index contributed by atoms with van der Waals surface area (Å²) in [5.74, 6) is 0. The van der Waals surface area contributed by atoms with Crippen molar-refractivity contribution in [1.82, 2.24) is 15.0 Å². The molecule has 2 aromatic carbocycles. The molecule has 5 rings (SSSR count). The molecular weight excluding hydrogens is 382 g/mol. The van der Waals surface area contributed by atoms with E-state index < -0.39 is 0 Å². The molecule has 0 atom stereocenters. The number of nitrogens with one attached hydrogen (secondary N) is 1. The second-order valence-corrected chi connectivity index (χ2v) is 7.63. The first kappa shape index (κ1) is 18.9. The molecule has 3 heterocycles. The van der Waals surface area contributed by atoms with Crippen LogP contribution in [0.3, 0.4) is 0 Å². The van der Waals surface area contributed by atoms with E-state index in [1.54, 1.807) is 12.4 Å². The lowest BCUT2D eigenvalue weighted by atomic mass is 10.1. The van der Waals surface area contributed by atoms with Crippen LogP contribution < -0.4 is 9.13 Å². The lowest BCUT2D eigenvalue weighted by Gasteiger charge is -1.98. The van der Waals surface area contributed by atoms with Gasteiger partial charge in [-0.15, -0.1) is 0 Å². The number of hydrogen-bond donors (Lipinski definition) is 1. The van der Waals surface area contributed by atoms with Gasteiger partial charge in [-0.1, -0.05) is 12.1 Å². The third kappa shape index (κ3) is 3.85. The molecule has 150 valence electrons. The highest BCUT2D eigenvalue weighted by atomic mass is 14.9. The van der Waals surface area contributed by atoms with Gasteiger partial charge < -0.3 is 4.98 Å². The van der Waals surface area contributed by atoms with Crippen LogP contribution in [0.2, 0.25) is 0 Å². The molecule has 0 aliphatic rings. The van der Waals surface area contributed by atoms with E-state index in [0.717, 1.165) is 33.5 Å². The Morgan fingerprint density at radius 3 is 1.61 bits per heavy atom. The maximum Gasteiger partial charge on any atom is 0.223 e. The topological polar surface area (TPSA) is 49.3 Å². The van der Waals surface area contributed by atoms with Gasteiger partial charge in [0.1, 0.15) is 14.1 Å². The number of benzene rings is 2. The zero-order chi connectivity index (χ0) is 21.2. The number of aryl methyl sites for hydroxylation is 2. The minimum Gasteiger partial charge on any atom is -0.355 e. The second-order valence-electron chi connectivity index (χ2n) is 7.63. The summed E-state index contributed by atoms with van der Waals surface area (Å²) >= 11 is 0. The zero-order valence-corrected chi connectivity index (χ0v) is 17.5. The van der Waals surface area contributed by atoms with Gasteiger partial charge >= 0.3 is 0 Å². The minimum atomic E-state index is 1.05. The van der Waals surface area contributed by atoms with Gasteiger partial charge in [0.25, 0.3) is 0 Å². The Bertz CT molecular complexity index is 1350. The molecule has 5 aromatic rings. The molecule has 0 aliphatic heterocycles. The molecule has 3 aromatic heterocycles. The second kappa shape index (κ2) is 7.95. The van der Waals surface area contributed by atoms with Gasteiger partial charge in [0.2, 0.25) is 11.4 Å². The predicted octanol–water partition coefficient (Wildman–Crippen LogP) is 4.10. The average molecular weight is 406 g/mol. The largest absolute Gasteiger partial charge is 0.355 e. The molecule has 5 nitrogen and oxygen atoms in total. The number of nitrogens with zero attached hydrogens (tertiary/aromatic N) is 4. The van der Waals surface area contributed by atoms with E-state index in [0.29, 0.717) is 0 Å². The normalized spacial score (nSPS) is 11.9. The van der Waals surface area contributed by atoms with Gasteiger partial charge in [-0.2, -0.15) is 9.13 Å².